The highest BCUT2D eigenvalue weighted by Gasteiger charge is 2.20. The van der Waals surface area contributed by atoms with Gasteiger partial charge in [-0.1, -0.05) is 6.92 Å². The Kier molecular flexibility index (Phi) is 4.98. The van der Waals surface area contributed by atoms with Crippen molar-refractivity contribution in [2.24, 2.45) is 0 Å². The molecule has 0 bridgehead atoms. The molecule has 0 fully saturated rings. The van der Waals surface area contributed by atoms with E-state index in [9.17, 15) is 9.36 Å². The third kappa shape index (κ3) is 4.87. The number of nitrogens with zero attached hydrogens (tertiary/aromatic N) is 1. The Labute approximate surface area is 77.3 Å². The van der Waals surface area contributed by atoms with Crippen LogP contribution < -0.4 is 5.20 Å². The normalized spacial score (nSPS) is 14.8. The van der Waals surface area contributed by atoms with Crippen molar-refractivity contribution in [2.45, 2.75) is 13.8 Å². The zero-order valence-electron chi connectivity index (χ0n) is 7.98. The molecule has 0 aliphatic carbocycles. The van der Waals surface area contributed by atoms with Crippen LogP contribution in [0.3, 0.4) is 0 Å². The summed E-state index contributed by atoms with van der Waals surface area (Å²) in [6, 6.07) is 0. The monoisotopic (exact) mass is 210 g/mol. The van der Waals surface area contributed by atoms with Crippen LogP contribution in [0.4, 0.5) is 4.79 Å². The van der Waals surface area contributed by atoms with Gasteiger partial charge in [-0.25, -0.2) is 9.80 Å². The first-order valence-electron chi connectivity index (χ1n) is 3.93. The molecular formula is C6H15N2O4P. The number of hydrazine groups is 1. The van der Waals surface area contributed by atoms with E-state index in [0.717, 1.165) is 5.01 Å². The number of nitrogens with one attached hydrogen (secondary N) is 1. The molecular weight excluding hydrogens is 195 g/mol. The molecule has 0 radical (unpaired) electrons. The summed E-state index contributed by atoms with van der Waals surface area (Å²) in [4.78, 5) is 20.1. The Bertz CT molecular complexity index is 221. The van der Waals surface area contributed by atoms with Crippen LogP contribution in [0.25, 0.3) is 0 Å². The second-order valence-corrected chi connectivity index (χ2v) is 4.61. The fraction of sp³-hybridized carbons (Fsp3) is 0.833. The van der Waals surface area contributed by atoms with Gasteiger partial charge in [0.05, 0.1) is 6.61 Å². The molecule has 0 aromatic carbocycles. The first-order chi connectivity index (χ1) is 5.93. The van der Waals surface area contributed by atoms with Gasteiger partial charge in [0, 0.05) is 13.2 Å². The third-order valence-electron chi connectivity index (χ3n) is 1.28. The van der Waals surface area contributed by atoms with E-state index in [1.165, 1.54) is 7.05 Å². The van der Waals surface area contributed by atoms with Crippen molar-refractivity contribution in [3.63, 3.8) is 0 Å². The first kappa shape index (κ1) is 12.4. The van der Waals surface area contributed by atoms with E-state index in [-0.39, 0.29) is 12.8 Å². The van der Waals surface area contributed by atoms with Crippen LogP contribution in [0.5, 0.6) is 0 Å². The number of ether oxygens (including phenoxy) is 1. The van der Waals surface area contributed by atoms with E-state index < -0.39 is 13.6 Å². The Balaban J connectivity index is 4.07. The highest BCUT2D eigenvalue weighted by atomic mass is 31.2. The summed E-state index contributed by atoms with van der Waals surface area (Å²) in [5.41, 5.74) is 0. The maximum Gasteiger partial charge on any atom is 0.424 e. The standard InChI is InChI=1S/C6H15N2O4P/c1-4-12-6(9)8(3)7-13(10,11)5-2/h4-5H2,1-3H3,(H2,7,10,11). The molecule has 7 heteroatoms. The molecule has 78 valence electrons. The van der Waals surface area contributed by atoms with Crippen LogP contribution >= 0.6 is 7.52 Å². The quantitative estimate of drug-likeness (QED) is 0.529. The number of hydrogen-bond acceptors (Lipinski definition) is 3. The van der Waals surface area contributed by atoms with Crippen molar-refractivity contribution < 1.29 is 19.0 Å². The van der Waals surface area contributed by atoms with Gasteiger partial charge in [0.15, 0.2) is 0 Å². The number of carbonyl (C=O) groups is 1. The number of hydrogen-bond donors (Lipinski definition) is 2. The molecule has 1 amide bonds. The van der Waals surface area contributed by atoms with Crippen molar-refractivity contribution in [2.75, 3.05) is 19.8 Å². The highest BCUT2D eigenvalue weighted by Crippen LogP contribution is 2.34. The van der Waals surface area contributed by atoms with E-state index in [1.807, 2.05) is 0 Å². The second-order valence-electron chi connectivity index (χ2n) is 2.38. The summed E-state index contributed by atoms with van der Waals surface area (Å²) >= 11 is 0. The predicted octanol–water partition coefficient (Wildman–Crippen LogP) is 0.785. The molecule has 0 aromatic heterocycles. The number of rotatable bonds is 4. The maximum absolute atomic E-state index is 11.1. The lowest BCUT2D eigenvalue weighted by Crippen LogP contribution is -2.38. The van der Waals surface area contributed by atoms with Gasteiger partial charge >= 0.3 is 6.09 Å². The average molecular weight is 210 g/mol. The highest BCUT2D eigenvalue weighted by molar-refractivity contribution is 7.55. The fourth-order valence-corrected chi connectivity index (χ4v) is 1.26. The van der Waals surface area contributed by atoms with E-state index in [4.69, 9.17) is 4.89 Å². The summed E-state index contributed by atoms with van der Waals surface area (Å²) in [6.45, 7) is 3.43. The molecule has 0 saturated carbocycles. The SMILES string of the molecule is CCOC(=O)N(C)NP(=O)(O)CC. The lowest BCUT2D eigenvalue weighted by Gasteiger charge is -2.20. The minimum Gasteiger partial charge on any atom is -0.449 e. The Morgan fingerprint density at radius 1 is 1.62 bits per heavy atom. The van der Waals surface area contributed by atoms with Gasteiger partial charge in [-0.15, -0.1) is 0 Å². The molecule has 1 atom stereocenters. The average Bonchev–Trinajstić information content (AvgIpc) is 2.04. The van der Waals surface area contributed by atoms with E-state index in [0.29, 0.717) is 0 Å². The molecule has 1 unspecified atom stereocenters. The van der Waals surface area contributed by atoms with Crippen molar-refractivity contribution in [1.29, 1.82) is 0 Å². The summed E-state index contributed by atoms with van der Waals surface area (Å²) < 4.78 is 15.7. The van der Waals surface area contributed by atoms with Crippen molar-refractivity contribution in [3.8, 4) is 0 Å². The van der Waals surface area contributed by atoms with E-state index in [2.05, 4.69) is 9.93 Å². The predicted molar refractivity (Wildman–Crippen MR) is 48.3 cm³/mol. The molecule has 13 heavy (non-hydrogen) atoms. The minimum absolute atomic E-state index is 0.0523. The van der Waals surface area contributed by atoms with Gasteiger partial charge in [-0.2, -0.15) is 5.20 Å². The van der Waals surface area contributed by atoms with Crippen molar-refractivity contribution in [1.82, 2.24) is 10.2 Å². The van der Waals surface area contributed by atoms with Gasteiger partial charge in [0.2, 0.25) is 0 Å². The van der Waals surface area contributed by atoms with Crippen LogP contribution in [0.1, 0.15) is 13.8 Å². The number of carbonyl (C=O) groups excluding carboxylic acids is 1. The lowest BCUT2D eigenvalue weighted by atomic mass is 10.9. The Morgan fingerprint density at radius 3 is 2.54 bits per heavy atom. The van der Waals surface area contributed by atoms with E-state index in [1.54, 1.807) is 13.8 Å². The van der Waals surface area contributed by atoms with Gasteiger partial charge < -0.3 is 9.63 Å². The smallest absolute Gasteiger partial charge is 0.424 e. The number of amides is 1. The third-order valence-corrected chi connectivity index (χ3v) is 2.75. The largest absolute Gasteiger partial charge is 0.449 e. The van der Waals surface area contributed by atoms with Gasteiger partial charge in [-0.3, -0.25) is 4.57 Å². The molecule has 0 aliphatic rings. The van der Waals surface area contributed by atoms with Gasteiger partial charge in [0.1, 0.15) is 0 Å². The van der Waals surface area contributed by atoms with Crippen molar-refractivity contribution in [3.05, 3.63) is 0 Å². The molecule has 0 spiro atoms. The van der Waals surface area contributed by atoms with Gasteiger partial charge in [0.25, 0.3) is 7.52 Å². The molecule has 0 rings (SSSR count). The molecule has 0 aliphatic heterocycles. The zero-order chi connectivity index (χ0) is 10.5. The van der Waals surface area contributed by atoms with E-state index >= 15 is 0 Å². The fourth-order valence-electron chi connectivity index (χ4n) is 0.566. The maximum atomic E-state index is 11.1. The summed E-state index contributed by atoms with van der Waals surface area (Å²) in [6.07, 6.45) is -0.623. The zero-order valence-corrected chi connectivity index (χ0v) is 8.88. The van der Waals surface area contributed by atoms with Crippen LogP contribution in [-0.2, 0) is 9.30 Å². The van der Waals surface area contributed by atoms with Crippen LogP contribution in [0, 0.1) is 0 Å². The summed E-state index contributed by atoms with van der Waals surface area (Å²) in [5, 5.41) is 3.03. The molecule has 0 saturated heterocycles. The molecule has 6 nitrogen and oxygen atoms in total. The van der Waals surface area contributed by atoms with Gasteiger partial charge in [-0.05, 0) is 6.92 Å². The van der Waals surface area contributed by atoms with Crippen molar-refractivity contribution >= 4 is 13.6 Å². The molecule has 2 N–H and O–H groups in total. The topological polar surface area (TPSA) is 78.9 Å². The molecule has 0 aromatic rings. The van der Waals surface area contributed by atoms with Crippen LogP contribution in [-0.4, -0.2) is 35.8 Å². The van der Waals surface area contributed by atoms with Crippen LogP contribution in [0.15, 0.2) is 0 Å². The summed E-state index contributed by atoms with van der Waals surface area (Å²) in [7, 11) is -2.10. The summed E-state index contributed by atoms with van der Waals surface area (Å²) in [5.74, 6) is 0. The Hall–Kier alpha value is -0.580. The van der Waals surface area contributed by atoms with Crippen LogP contribution in [0.2, 0.25) is 0 Å². The molecule has 0 heterocycles. The Morgan fingerprint density at radius 2 is 2.15 bits per heavy atom. The second kappa shape index (κ2) is 5.21. The lowest BCUT2D eigenvalue weighted by molar-refractivity contribution is 0.108. The first-order valence-corrected chi connectivity index (χ1v) is 5.77. The minimum atomic E-state index is -3.43.